The second-order valence-corrected chi connectivity index (χ2v) is 5.65. The van der Waals surface area contributed by atoms with Gasteiger partial charge in [-0.3, -0.25) is 14.9 Å². The molecule has 0 aromatic heterocycles. The fourth-order valence-electron chi connectivity index (χ4n) is 2.17. The van der Waals surface area contributed by atoms with Gasteiger partial charge in [0.1, 0.15) is 16.7 Å². The fourth-order valence-corrected chi connectivity index (χ4v) is 2.36. The van der Waals surface area contributed by atoms with Gasteiger partial charge in [0.15, 0.2) is 0 Å². The highest BCUT2D eigenvalue weighted by atomic mass is 35.5. The van der Waals surface area contributed by atoms with Gasteiger partial charge in [0.05, 0.1) is 11.0 Å². The Morgan fingerprint density at radius 2 is 2.00 bits per heavy atom. The first-order chi connectivity index (χ1) is 11.9. The maximum atomic E-state index is 12.3. The van der Waals surface area contributed by atoms with E-state index >= 15 is 0 Å². The molecule has 0 saturated heterocycles. The Labute approximate surface area is 149 Å². The number of hydrogen-bond donors (Lipinski definition) is 1. The summed E-state index contributed by atoms with van der Waals surface area (Å²) in [6.45, 7) is 1.80. The number of nitro groups is 1. The molecule has 2 aromatic carbocycles. The minimum Gasteiger partial charge on any atom is -0.345 e. The number of nitriles is 1. The Morgan fingerprint density at radius 3 is 2.60 bits per heavy atom. The molecule has 2 aromatic rings. The highest BCUT2D eigenvalue weighted by molar-refractivity contribution is 6.32. The van der Waals surface area contributed by atoms with Crippen molar-refractivity contribution in [1.29, 1.82) is 5.26 Å². The Morgan fingerprint density at radius 1 is 1.32 bits per heavy atom. The van der Waals surface area contributed by atoms with Crippen molar-refractivity contribution in [3.63, 3.8) is 0 Å². The minimum absolute atomic E-state index is 0.0113. The minimum atomic E-state index is -0.622. The van der Waals surface area contributed by atoms with Crippen molar-refractivity contribution in [3.05, 3.63) is 80.4 Å². The molecular weight excluding hydrogens is 342 g/mol. The summed E-state index contributed by atoms with van der Waals surface area (Å²) in [5, 5.41) is 22.9. The standard InChI is InChI=1S/C18H14ClN3O3/c1-12(14-5-3-2-4-6-14)21-18(23)15(11-20)9-13-7-8-16(19)17(10-13)22(24)25/h2-10,12H,1H3,(H,21,23)/b15-9-/t12-/m0/s1. The third-order valence-electron chi connectivity index (χ3n) is 3.49. The van der Waals surface area contributed by atoms with E-state index in [9.17, 15) is 20.2 Å². The molecule has 0 aliphatic carbocycles. The number of nitrogens with one attached hydrogen (secondary N) is 1. The number of nitrogens with zero attached hydrogens (tertiary/aromatic N) is 2. The van der Waals surface area contributed by atoms with Crippen LogP contribution in [0.25, 0.3) is 6.08 Å². The fraction of sp³-hybridized carbons (Fsp3) is 0.111. The predicted molar refractivity (Wildman–Crippen MR) is 94.7 cm³/mol. The monoisotopic (exact) mass is 355 g/mol. The second kappa shape index (κ2) is 8.08. The van der Waals surface area contributed by atoms with Gasteiger partial charge >= 0.3 is 0 Å². The van der Waals surface area contributed by atoms with Crippen LogP contribution in [-0.4, -0.2) is 10.8 Å². The molecule has 0 spiro atoms. The van der Waals surface area contributed by atoms with E-state index in [1.54, 1.807) is 6.92 Å². The zero-order chi connectivity index (χ0) is 18.4. The van der Waals surface area contributed by atoms with Gasteiger partial charge in [-0.25, -0.2) is 0 Å². The number of nitro benzene ring substituents is 1. The average molecular weight is 356 g/mol. The molecule has 0 aliphatic heterocycles. The van der Waals surface area contributed by atoms with Gasteiger partial charge in [-0.1, -0.05) is 48.0 Å². The third kappa shape index (κ3) is 4.66. The van der Waals surface area contributed by atoms with E-state index in [-0.39, 0.29) is 22.3 Å². The van der Waals surface area contributed by atoms with Crippen molar-refractivity contribution in [2.75, 3.05) is 0 Å². The van der Waals surface area contributed by atoms with Crippen LogP contribution < -0.4 is 5.32 Å². The second-order valence-electron chi connectivity index (χ2n) is 5.24. The van der Waals surface area contributed by atoms with E-state index in [4.69, 9.17) is 11.6 Å². The van der Waals surface area contributed by atoms with Gasteiger partial charge in [-0.05, 0) is 30.2 Å². The molecule has 0 aliphatic rings. The number of hydrogen-bond acceptors (Lipinski definition) is 4. The largest absolute Gasteiger partial charge is 0.345 e. The van der Waals surface area contributed by atoms with Crippen LogP contribution in [0.1, 0.15) is 24.1 Å². The lowest BCUT2D eigenvalue weighted by Gasteiger charge is -2.13. The molecule has 1 amide bonds. The van der Waals surface area contributed by atoms with E-state index in [2.05, 4.69) is 5.32 Å². The Kier molecular flexibility index (Phi) is 5.88. The number of rotatable bonds is 5. The van der Waals surface area contributed by atoms with Gasteiger partial charge in [-0.2, -0.15) is 5.26 Å². The number of carbonyl (C=O) groups excluding carboxylic acids is 1. The number of carbonyl (C=O) groups is 1. The lowest BCUT2D eigenvalue weighted by molar-refractivity contribution is -0.384. The summed E-state index contributed by atoms with van der Waals surface area (Å²) in [5.74, 6) is -0.559. The van der Waals surface area contributed by atoms with E-state index in [0.717, 1.165) is 5.56 Å². The zero-order valence-electron chi connectivity index (χ0n) is 13.3. The lowest BCUT2D eigenvalue weighted by Crippen LogP contribution is -2.27. The van der Waals surface area contributed by atoms with Crippen LogP contribution in [0.5, 0.6) is 0 Å². The van der Waals surface area contributed by atoms with E-state index in [1.165, 1.54) is 24.3 Å². The molecule has 1 N–H and O–H groups in total. The van der Waals surface area contributed by atoms with Crippen LogP contribution in [0.2, 0.25) is 5.02 Å². The molecule has 7 heteroatoms. The summed E-state index contributed by atoms with van der Waals surface area (Å²) >= 11 is 5.75. The van der Waals surface area contributed by atoms with Crippen LogP contribution in [0, 0.1) is 21.4 Å². The topological polar surface area (TPSA) is 96.0 Å². The highest BCUT2D eigenvalue weighted by Crippen LogP contribution is 2.26. The van der Waals surface area contributed by atoms with E-state index in [0.29, 0.717) is 5.56 Å². The maximum Gasteiger partial charge on any atom is 0.288 e. The van der Waals surface area contributed by atoms with Crippen molar-refractivity contribution >= 4 is 29.3 Å². The molecule has 0 radical (unpaired) electrons. The SMILES string of the molecule is C[C@H](NC(=O)/C(C#N)=C\c1ccc(Cl)c([N+](=O)[O-])c1)c1ccccc1. The molecule has 126 valence electrons. The molecule has 25 heavy (non-hydrogen) atoms. The molecule has 2 rings (SSSR count). The molecule has 1 atom stereocenters. The first kappa shape index (κ1) is 18.2. The van der Waals surface area contributed by atoms with Crippen molar-refractivity contribution < 1.29 is 9.72 Å². The Bertz CT molecular complexity index is 873. The number of amides is 1. The van der Waals surface area contributed by atoms with E-state index < -0.39 is 10.8 Å². The lowest BCUT2D eigenvalue weighted by atomic mass is 10.1. The van der Waals surface area contributed by atoms with E-state index in [1.807, 2.05) is 36.4 Å². The molecule has 6 nitrogen and oxygen atoms in total. The molecule has 0 unspecified atom stereocenters. The molecule has 0 fully saturated rings. The maximum absolute atomic E-state index is 12.3. The first-order valence-electron chi connectivity index (χ1n) is 7.34. The molecule has 0 heterocycles. The van der Waals surface area contributed by atoms with Crippen LogP contribution in [0.3, 0.4) is 0 Å². The third-order valence-corrected chi connectivity index (χ3v) is 3.81. The number of halogens is 1. The molecular formula is C18H14ClN3O3. The summed E-state index contributed by atoms with van der Waals surface area (Å²) in [6.07, 6.45) is 1.29. The van der Waals surface area contributed by atoms with Gasteiger partial charge in [-0.15, -0.1) is 0 Å². The van der Waals surface area contributed by atoms with Gasteiger partial charge < -0.3 is 5.32 Å². The quantitative estimate of drug-likeness (QED) is 0.379. The van der Waals surface area contributed by atoms with Gasteiger partial charge in [0.2, 0.25) is 0 Å². The van der Waals surface area contributed by atoms with Crippen molar-refractivity contribution in [2.45, 2.75) is 13.0 Å². The van der Waals surface area contributed by atoms with Gasteiger partial charge in [0, 0.05) is 6.07 Å². The Hall–Kier alpha value is -3.17. The molecule has 0 bridgehead atoms. The Balaban J connectivity index is 2.23. The summed E-state index contributed by atoms with van der Waals surface area (Å²) in [5.41, 5.74) is 0.801. The summed E-state index contributed by atoms with van der Waals surface area (Å²) in [6, 6.07) is 14.9. The number of benzene rings is 2. The zero-order valence-corrected chi connectivity index (χ0v) is 14.0. The van der Waals surface area contributed by atoms with Crippen LogP contribution in [0.15, 0.2) is 54.1 Å². The van der Waals surface area contributed by atoms with Crippen molar-refractivity contribution in [3.8, 4) is 6.07 Å². The summed E-state index contributed by atoms with van der Waals surface area (Å²) in [4.78, 5) is 22.6. The van der Waals surface area contributed by atoms with Crippen molar-refractivity contribution in [1.82, 2.24) is 5.32 Å². The smallest absolute Gasteiger partial charge is 0.288 e. The summed E-state index contributed by atoms with van der Waals surface area (Å²) in [7, 11) is 0. The van der Waals surface area contributed by atoms with Crippen LogP contribution in [0.4, 0.5) is 5.69 Å². The van der Waals surface area contributed by atoms with Crippen LogP contribution >= 0.6 is 11.6 Å². The summed E-state index contributed by atoms with van der Waals surface area (Å²) < 4.78 is 0. The first-order valence-corrected chi connectivity index (χ1v) is 7.71. The van der Waals surface area contributed by atoms with Crippen LogP contribution in [-0.2, 0) is 4.79 Å². The normalized spacial score (nSPS) is 12.1. The molecule has 0 saturated carbocycles. The highest BCUT2D eigenvalue weighted by Gasteiger charge is 2.16. The van der Waals surface area contributed by atoms with Gasteiger partial charge in [0.25, 0.3) is 11.6 Å². The average Bonchev–Trinajstić information content (AvgIpc) is 2.61. The predicted octanol–water partition coefficient (Wildman–Crippen LogP) is 4.03. The van der Waals surface area contributed by atoms with Crippen molar-refractivity contribution in [2.24, 2.45) is 0 Å².